The van der Waals surface area contributed by atoms with E-state index in [0.717, 1.165) is 67.9 Å². The Morgan fingerprint density at radius 2 is 1.52 bits per heavy atom. The van der Waals surface area contributed by atoms with Crippen molar-refractivity contribution in [3.63, 3.8) is 0 Å². The maximum absolute atomic E-state index is 13.5. The van der Waals surface area contributed by atoms with Crippen LogP contribution in [-0.2, 0) is 16.6 Å². The lowest BCUT2D eigenvalue weighted by molar-refractivity contribution is -0.384. The summed E-state index contributed by atoms with van der Waals surface area (Å²) in [6, 6.07) is 38.1. The normalized spacial score (nSPS) is 18.7. The van der Waals surface area contributed by atoms with Gasteiger partial charge in [-0.2, -0.15) is 0 Å². The zero-order valence-electron chi connectivity index (χ0n) is 34.0. The molecule has 61 heavy (non-hydrogen) atoms. The quantitative estimate of drug-likeness (QED) is 0.0563. The van der Waals surface area contributed by atoms with E-state index in [2.05, 4.69) is 49.0 Å². The number of sulfonamides is 1. The molecule has 0 spiro atoms. The molecule has 1 amide bonds. The summed E-state index contributed by atoms with van der Waals surface area (Å²) in [6.07, 6.45) is 6.96. The number of thioether (sulfide) groups is 1. The highest BCUT2D eigenvalue weighted by Gasteiger charge is 2.36. The van der Waals surface area contributed by atoms with Crippen molar-refractivity contribution in [1.29, 1.82) is 0 Å². The second-order valence-electron chi connectivity index (χ2n) is 16.2. The molecule has 2 bridgehead atoms. The first-order chi connectivity index (χ1) is 29.6. The first kappa shape index (κ1) is 42.8. The van der Waals surface area contributed by atoms with Crippen LogP contribution in [-0.4, -0.2) is 85.7 Å². The van der Waals surface area contributed by atoms with Gasteiger partial charge in [-0.1, -0.05) is 72.6 Å². The molecule has 318 valence electrons. The fraction of sp³-hybridized carbons (Fsp3) is 0.340. The number of anilines is 2. The highest BCUT2D eigenvalue weighted by Crippen LogP contribution is 2.37. The van der Waals surface area contributed by atoms with E-state index in [9.17, 15) is 23.3 Å². The number of nitro groups is 1. The number of hydrogen-bond donors (Lipinski definition) is 2. The lowest BCUT2D eigenvalue weighted by Gasteiger charge is -2.36. The number of rotatable bonds is 16. The van der Waals surface area contributed by atoms with Crippen LogP contribution in [0.1, 0.15) is 54.4 Å². The summed E-state index contributed by atoms with van der Waals surface area (Å²) in [4.78, 5) is 33.2. The molecule has 0 aliphatic carbocycles. The Bertz CT molecular complexity index is 2400. The highest BCUT2D eigenvalue weighted by atomic mass is 35.5. The molecule has 2 N–H and O–H groups in total. The van der Waals surface area contributed by atoms with Crippen molar-refractivity contribution in [2.24, 2.45) is 0 Å². The van der Waals surface area contributed by atoms with Crippen molar-refractivity contribution in [3.05, 3.63) is 148 Å². The van der Waals surface area contributed by atoms with Gasteiger partial charge in [0.25, 0.3) is 21.6 Å². The third-order valence-electron chi connectivity index (χ3n) is 12.3. The van der Waals surface area contributed by atoms with Crippen molar-refractivity contribution in [3.8, 4) is 11.1 Å². The van der Waals surface area contributed by atoms with Gasteiger partial charge >= 0.3 is 0 Å². The highest BCUT2D eigenvalue weighted by molar-refractivity contribution is 7.99. The third kappa shape index (κ3) is 10.6. The average Bonchev–Trinajstić information content (AvgIpc) is 3.49. The molecular weight excluding hydrogens is 828 g/mol. The summed E-state index contributed by atoms with van der Waals surface area (Å²) in [5.74, 6) is -0.138. The maximum atomic E-state index is 13.5. The molecule has 5 aromatic rings. The van der Waals surface area contributed by atoms with Gasteiger partial charge in [0.05, 0.1) is 9.82 Å². The van der Waals surface area contributed by atoms with Crippen LogP contribution in [0, 0.1) is 10.1 Å². The second-order valence-corrected chi connectivity index (χ2v) is 19.4. The topological polar surface area (TPSA) is 128 Å². The molecule has 3 fully saturated rings. The molecule has 5 aromatic carbocycles. The molecule has 11 nitrogen and oxygen atoms in total. The molecule has 0 aromatic heterocycles. The van der Waals surface area contributed by atoms with Crippen molar-refractivity contribution in [1.82, 2.24) is 14.5 Å². The molecule has 8 rings (SSSR count). The van der Waals surface area contributed by atoms with E-state index in [1.54, 1.807) is 23.9 Å². The Kier molecular flexibility index (Phi) is 13.6. The summed E-state index contributed by atoms with van der Waals surface area (Å²) < 4.78 is 29.2. The van der Waals surface area contributed by atoms with Gasteiger partial charge in [0.2, 0.25) is 0 Å². The smallest absolute Gasteiger partial charge is 0.293 e. The number of carbonyl (C=O) groups is 1. The fourth-order valence-electron chi connectivity index (χ4n) is 9.01. The average molecular weight is 880 g/mol. The summed E-state index contributed by atoms with van der Waals surface area (Å²) in [5.41, 5.74) is 4.55. The number of nitrogens with zero attached hydrogens (tertiary/aromatic N) is 4. The van der Waals surface area contributed by atoms with Gasteiger partial charge < -0.3 is 10.2 Å². The Morgan fingerprint density at radius 3 is 2.23 bits per heavy atom. The van der Waals surface area contributed by atoms with Gasteiger partial charge in [-0.25, -0.2) is 13.1 Å². The number of nitrogens with one attached hydrogen (secondary N) is 2. The first-order valence-corrected chi connectivity index (χ1v) is 23.9. The predicted octanol–water partition coefficient (Wildman–Crippen LogP) is 9.34. The van der Waals surface area contributed by atoms with Crippen LogP contribution < -0.4 is 14.9 Å². The molecular formula is C47H51ClN6O5S2. The third-order valence-corrected chi connectivity index (χ3v) is 15.0. The van der Waals surface area contributed by atoms with Crippen LogP contribution >= 0.6 is 23.4 Å². The number of hydrogen-bond acceptors (Lipinski definition) is 10. The van der Waals surface area contributed by atoms with E-state index in [1.807, 2.05) is 66.7 Å². The van der Waals surface area contributed by atoms with Crippen molar-refractivity contribution >= 4 is 56.4 Å². The van der Waals surface area contributed by atoms with Crippen molar-refractivity contribution in [2.45, 2.75) is 73.0 Å². The van der Waals surface area contributed by atoms with Gasteiger partial charge in [0.1, 0.15) is 5.69 Å². The van der Waals surface area contributed by atoms with E-state index in [1.165, 1.54) is 55.4 Å². The Hall–Kier alpha value is -4.92. The number of amides is 1. The number of fused-ring (bicyclic) bond motifs is 2. The number of piperazine rings is 1. The lowest BCUT2D eigenvalue weighted by atomic mass is 9.99. The number of nitro benzene ring substituents is 1. The SMILES string of the molecule is O=C(NS(=O)(=O)c1ccc(N[C@H](CCN2[C@@H]3CCC[C@H]2CC3)CSc2ccccc2)c([N+](=O)[O-])c1)c1ccc(N2CCN(Cc3ccccc3-c3ccc(Cl)cc3)CC2)cc1. The Labute approximate surface area is 367 Å². The molecule has 3 saturated heterocycles. The number of benzene rings is 5. The standard InChI is InChI=1S/C47H51ClN6O5S2/c48-37-17-13-34(14-18-37)44-12-5-4-7-36(44)32-51-27-29-52(30-28-51)39-19-15-35(16-20-39)47(55)50-61(58,59)43-23-24-45(46(31-43)54(56)57)49-38(33-60-42-10-2-1-3-11-42)25-26-53-40-8-6-9-41(53)22-21-40/h1-5,7,10-20,23-24,31,38,40-41,49H,6,8-9,21-22,25-30,32-33H2,(H,50,55)/t38-,40-,41+/m1/s1. The number of halogens is 1. The molecule has 3 heterocycles. The van der Waals surface area contributed by atoms with Gasteiger partial charge in [-0.3, -0.25) is 24.7 Å². The molecule has 3 aliphatic heterocycles. The van der Waals surface area contributed by atoms with E-state index >= 15 is 0 Å². The summed E-state index contributed by atoms with van der Waals surface area (Å²) in [7, 11) is -4.44. The summed E-state index contributed by atoms with van der Waals surface area (Å²) in [5, 5.41) is 16.5. The van der Waals surface area contributed by atoms with Crippen molar-refractivity contribution in [2.75, 3.05) is 48.7 Å². The second kappa shape index (κ2) is 19.4. The lowest BCUT2D eigenvalue weighted by Crippen LogP contribution is -2.46. The van der Waals surface area contributed by atoms with E-state index in [-0.39, 0.29) is 27.9 Å². The Morgan fingerprint density at radius 1 is 0.836 bits per heavy atom. The van der Waals surface area contributed by atoms with Crippen LogP contribution in [0.3, 0.4) is 0 Å². The summed E-state index contributed by atoms with van der Waals surface area (Å²) in [6.45, 7) is 4.99. The number of piperidine rings is 1. The predicted molar refractivity (Wildman–Crippen MR) is 245 cm³/mol. The van der Waals surface area contributed by atoms with Gasteiger partial charge in [-0.05, 0) is 109 Å². The van der Waals surface area contributed by atoms with Crippen LogP contribution in [0.5, 0.6) is 0 Å². The number of carbonyl (C=O) groups excluding carboxylic acids is 1. The summed E-state index contributed by atoms with van der Waals surface area (Å²) >= 11 is 7.82. The Balaban J connectivity index is 0.883. The molecule has 3 atom stereocenters. The van der Waals surface area contributed by atoms with E-state index < -0.39 is 20.9 Å². The molecule has 0 radical (unpaired) electrons. The van der Waals surface area contributed by atoms with E-state index in [4.69, 9.17) is 11.6 Å². The van der Waals surface area contributed by atoms with Gasteiger partial charge in [-0.15, -0.1) is 11.8 Å². The van der Waals surface area contributed by atoms with Gasteiger partial charge in [0.15, 0.2) is 0 Å². The molecule has 0 saturated carbocycles. The van der Waals surface area contributed by atoms with Crippen LogP contribution in [0.25, 0.3) is 11.1 Å². The minimum absolute atomic E-state index is 0.109. The van der Waals surface area contributed by atoms with Crippen LogP contribution in [0.4, 0.5) is 17.1 Å². The fourth-order valence-corrected chi connectivity index (χ4v) is 11.1. The maximum Gasteiger partial charge on any atom is 0.293 e. The zero-order chi connectivity index (χ0) is 42.3. The van der Waals surface area contributed by atoms with Gasteiger partial charge in [0, 0.05) is 90.4 Å². The minimum Gasteiger partial charge on any atom is -0.376 e. The first-order valence-electron chi connectivity index (χ1n) is 21.1. The molecule has 14 heteroatoms. The minimum atomic E-state index is -4.44. The van der Waals surface area contributed by atoms with Crippen molar-refractivity contribution < 1.29 is 18.1 Å². The van der Waals surface area contributed by atoms with Crippen LogP contribution in [0.15, 0.2) is 131 Å². The monoisotopic (exact) mass is 878 g/mol. The van der Waals surface area contributed by atoms with E-state index in [0.29, 0.717) is 22.9 Å². The largest absolute Gasteiger partial charge is 0.376 e. The molecule has 3 aliphatic rings. The van der Waals surface area contributed by atoms with Crippen LogP contribution in [0.2, 0.25) is 5.02 Å². The zero-order valence-corrected chi connectivity index (χ0v) is 36.4. The molecule has 0 unspecified atom stereocenters.